The van der Waals surface area contributed by atoms with E-state index in [1.54, 1.807) is 11.6 Å². The van der Waals surface area contributed by atoms with Gasteiger partial charge in [0.15, 0.2) is 0 Å². The Labute approximate surface area is 72.0 Å². The molecule has 0 saturated heterocycles. The molecule has 0 aliphatic carbocycles. The number of hydrogen-bond donors (Lipinski definition) is 2. The van der Waals surface area contributed by atoms with E-state index >= 15 is 0 Å². The fraction of sp³-hybridized carbons (Fsp3) is 0.625. The van der Waals surface area contributed by atoms with Gasteiger partial charge in [0.05, 0.1) is 5.69 Å². The topological polar surface area (TPSA) is 64.1 Å². The lowest BCUT2D eigenvalue weighted by Gasteiger charge is -2.12. The zero-order chi connectivity index (χ0) is 9.30. The van der Waals surface area contributed by atoms with E-state index in [1.807, 2.05) is 20.2 Å². The highest BCUT2D eigenvalue weighted by Gasteiger charge is 2.17. The Balaban J connectivity index is 2.94. The van der Waals surface area contributed by atoms with Gasteiger partial charge in [-0.25, -0.2) is 0 Å². The number of nitrogens with two attached hydrogens (primary N) is 1. The highest BCUT2D eigenvalue weighted by Crippen LogP contribution is 2.16. The predicted octanol–water partition coefficient (Wildman–Crippen LogP) is 0.109. The number of aromatic nitrogens is 2. The molecule has 0 aromatic carbocycles. The first-order chi connectivity index (χ1) is 5.52. The van der Waals surface area contributed by atoms with Gasteiger partial charge in [-0.2, -0.15) is 5.10 Å². The molecule has 1 aromatic heterocycles. The minimum absolute atomic E-state index is 0.279. The summed E-state index contributed by atoms with van der Waals surface area (Å²) in [5, 5.41) is 13.7. The maximum Gasteiger partial charge on any atom is 0.113 e. The van der Waals surface area contributed by atoms with Gasteiger partial charge in [-0.15, -0.1) is 0 Å². The van der Waals surface area contributed by atoms with Gasteiger partial charge < -0.3 is 10.8 Å². The molecule has 12 heavy (non-hydrogen) atoms. The van der Waals surface area contributed by atoms with Crippen LogP contribution >= 0.6 is 0 Å². The molecule has 68 valence electrons. The van der Waals surface area contributed by atoms with Gasteiger partial charge in [0.2, 0.25) is 0 Å². The average molecular weight is 169 g/mol. The SMILES string of the molecule is Cc1cn(C)nc1C(O)C(C)N. The van der Waals surface area contributed by atoms with Crippen molar-refractivity contribution in [3.05, 3.63) is 17.5 Å². The number of hydrogen-bond acceptors (Lipinski definition) is 3. The summed E-state index contributed by atoms with van der Waals surface area (Å²) in [5.41, 5.74) is 7.19. The van der Waals surface area contributed by atoms with E-state index < -0.39 is 6.10 Å². The number of aryl methyl sites for hydroxylation is 2. The lowest BCUT2D eigenvalue weighted by Crippen LogP contribution is -2.25. The van der Waals surface area contributed by atoms with Crippen molar-refractivity contribution in [2.24, 2.45) is 12.8 Å². The molecular weight excluding hydrogens is 154 g/mol. The summed E-state index contributed by atoms with van der Waals surface area (Å²) in [7, 11) is 1.82. The molecule has 0 bridgehead atoms. The Morgan fingerprint density at radius 1 is 1.67 bits per heavy atom. The third kappa shape index (κ3) is 1.65. The van der Waals surface area contributed by atoms with Crippen molar-refractivity contribution < 1.29 is 5.11 Å². The highest BCUT2D eigenvalue weighted by atomic mass is 16.3. The Morgan fingerprint density at radius 3 is 2.58 bits per heavy atom. The molecule has 0 spiro atoms. The molecule has 4 heteroatoms. The molecule has 2 unspecified atom stereocenters. The second kappa shape index (κ2) is 3.25. The molecular formula is C8H15N3O. The molecule has 0 aliphatic rings. The zero-order valence-electron chi connectivity index (χ0n) is 7.65. The smallest absolute Gasteiger partial charge is 0.113 e. The van der Waals surface area contributed by atoms with Crippen LogP contribution in [-0.2, 0) is 7.05 Å². The highest BCUT2D eigenvalue weighted by molar-refractivity contribution is 5.18. The summed E-state index contributed by atoms with van der Waals surface area (Å²) in [6, 6.07) is -0.279. The van der Waals surface area contributed by atoms with Gasteiger partial charge in [-0.1, -0.05) is 0 Å². The predicted molar refractivity (Wildman–Crippen MR) is 46.6 cm³/mol. The fourth-order valence-electron chi connectivity index (χ4n) is 1.17. The lowest BCUT2D eigenvalue weighted by atomic mass is 10.1. The van der Waals surface area contributed by atoms with Crippen LogP contribution in [0.25, 0.3) is 0 Å². The molecule has 1 heterocycles. The minimum Gasteiger partial charge on any atom is -0.385 e. The van der Waals surface area contributed by atoms with Crippen molar-refractivity contribution in [2.45, 2.75) is 26.0 Å². The second-order valence-electron chi connectivity index (χ2n) is 3.17. The maximum absolute atomic E-state index is 9.59. The summed E-state index contributed by atoms with van der Waals surface area (Å²) < 4.78 is 1.68. The number of aliphatic hydroxyl groups excluding tert-OH is 1. The average Bonchev–Trinajstić information content (AvgIpc) is 2.28. The van der Waals surface area contributed by atoms with Crippen LogP contribution in [-0.4, -0.2) is 20.9 Å². The summed E-state index contributed by atoms with van der Waals surface area (Å²) in [4.78, 5) is 0. The third-order valence-electron chi connectivity index (χ3n) is 1.83. The van der Waals surface area contributed by atoms with E-state index in [0.717, 1.165) is 5.56 Å². The Kier molecular flexibility index (Phi) is 2.49. The molecule has 0 saturated carbocycles. The maximum atomic E-state index is 9.59. The van der Waals surface area contributed by atoms with Gasteiger partial charge in [0, 0.05) is 19.3 Å². The van der Waals surface area contributed by atoms with Crippen molar-refractivity contribution >= 4 is 0 Å². The van der Waals surface area contributed by atoms with Crippen LogP contribution < -0.4 is 5.73 Å². The first-order valence-corrected chi connectivity index (χ1v) is 3.96. The third-order valence-corrected chi connectivity index (χ3v) is 1.83. The molecule has 1 rings (SSSR count). The van der Waals surface area contributed by atoms with Gasteiger partial charge in [0.1, 0.15) is 6.10 Å². The largest absolute Gasteiger partial charge is 0.385 e. The summed E-state index contributed by atoms with van der Waals surface area (Å²) in [6.07, 6.45) is 1.20. The van der Waals surface area contributed by atoms with Crippen molar-refractivity contribution in [3.63, 3.8) is 0 Å². The molecule has 0 fully saturated rings. The molecule has 0 radical (unpaired) electrons. The monoisotopic (exact) mass is 169 g/mol. The van der Waals surface area contributed by atoms with Gasteiger partial charge in [-0.3, -0.25) is 4.68 Å². The van der Waals surface area contributed by atoms with Crippen molar-refractivity contribution in [1.29, 1.82) is 0 Å². The lowest BCUT2D eigenvalue weighted by molar-refractivity contribution is 0.147. The van der Waals surface area contributed by atoms with Crippen molar-refractivity contribution in [1.82, 2.24) is 9.78 Å². The standard InChI is InChI=1S/C8H15N3O/c1-5-4-11(3)10-7(5)8(12)6(2)9/h4,6,8,12H,9H2,1-3H3. The van der Waals surface area contributed by atoms with Crippen LogP contribution in [0.1, 0.15) is 24.3 Å². The van der Waals surface area contributed by atoms with Gasteiger partial charge in [0.25, 0.3) is 0 Å². The Bertz CT molecular complexity index is 267. The quantitative estimate of drug-likeness (QED) is 0.660. The van der Waals surface area contributed by atoms with Crippen LogP contribution in [0.15, 0.2) is 6.20 Å². The van der Waals surface area contributed by atoms with E-state index in [0.29, 0.717) is 5.69 Å². The van der Waals surface area contributed by atoms with Crippen molar-refractivity contribution in [3.8, 4) is 0 Å². The van der Waals surface area contributed by atoms with E-state index in [9.17, 15) is 5.11 Å². The molecule has 1 aromatic rings. The van der Waals surface area contributed by atoms with Gasteiger partial charge in [-0.05, 0) is 19.4 Å². The number of aliphatic hydroxyl groups is 1. The number of nitrogens with zero attached hydrogens (tertiary/aromatic N) is 2. The normalized spacial score (nSPS) is 16.1. The Hall–Kier alpha value is -0.870. The molecule has 4 nitrogen and oxygen atoms in total. The van der Waals surface area contributed by atoms with E-state index in [-0.39, 0.29) is 6.04 Å². The van der Waals surface area contributed by atoms with Gasteiger partial charge >= 0.3 is 0 Å². The zero-order valence-corrected chi connectivity index (χ0v) is 7.65. The second-order valence-corrected chi connectivity index (χ2v) is 3.17. The van der Waals surface area contributed by atoms with E-state index in [2.05, 4.69) is 5.10 Å². The van der Waals surface area contributed by atoms with Crippen LogP contribution in [0, 0.1) is 6.92 Å². The molecule has 3 N–H and O–H groups in total. The van der Waals surface area contributed by atoms with Crippen LogP contribution in [0.3, 0.4) is 0 Å². The summed E-state index contributed by atoms with van der Waals surface area (Å²) in [6.45, 7) is 3.67. The van der Waals surface area contributed by atoms with Crippen LogP contribution in [0.4, 0.5) is 0 Å². The van der Waals surface area contributed by atoms with E-state index in [1.165, 1.54) is 0 Å². The summed E-state index contributed by atoms with van der Waals surface area (Å²) >= 11 is 0. The van der Waals surface area contributed by atoms with E-state index in [4.69, 9.17) is 5.73 Å². The summed E-state index contributed by atoms with van der Waals surface area (Å²) in [5.74, 6) is 0. The van der Waals surface area contributed by atoms with Crippen LogP contribution in [0.5, 0.6) is 0 Å². The van der Waals surface area contributed by atoms with Crippen LogP contribution in [0.2, 0.25) is 0 Å². The molecule has 2 atom stereocenters. The number of rotatable bonds is 2. The molecule has 0 aliphatic heterocycles. The first-order valence-electron chi connectivity index (χ1n) is 3.96. The molecule has 0 amide bonds. The minimum atomic E-state index is -0.661. The Morgan fingerprint density at radius 2 is 2.25 bits per heavy atom. The van der Waals surface area contributed by atoms with Crippen molar-refractivity contribution in [2.75, 3.05) is 0 Å². The fourth-order valence-corrected chi connectivity index (χ4v) is 1.17. The first kappa shape index (κ1) is 9.22.